The molecule has 0 bridgehead atoms. The van der Waals surface area contributed by atoms with Crippen molar-refractivity contribution in [1.29, 1.82) is 0 Å². The molecule has 1 saturated carbocycles. The molecule has 3 nitrogen and oxygen atoms in total. The summed E-state index contributed by atoms with van der Waals surface area (Å²) >= 11 is 0. The predicted octanol–water partition coefficient (Wildman–Crippen LogP) is 3.07. The number of anilines is 2. The van der Waals surface area contributed by atoms with Crippen LogP contribution in [0.15, 0.2) is 12.1 Å². The van der Waals surface area contributed by atoms with Crippen molar-refractivity contribution >= 4 is 17.3 Å². The van der Waals surface area contributed by atoms with Crippen molar-refractivity contribution in [3.8, 4) is 0 Å². The van der Waals surface area contributed by atoms with Gasteiger partial charge in [0.1, 0.15) is 11.6 Å². The second-order valence-corrected chi connectivity index (χ2v) is 4.68. The highest BCUT2D eigenvalue weighted by Crippen LogP contribution is 2.26. The van der Waals surface area contributed by atoms with Gasteiger partial charge in [0, 0.05) is 12.0 Å². The Balaban J connectivity index is 2.08. The third-order valence-corrected chi connectivity index (χ3v) is 3.32. The molecule has 2 rings (SSSR count). The molecule has 98 valence electrons. The molecule has 0 saturated heterocycles. The van der Waals surface area contributed by atoms with Gasteiger partial charge in [0.25, 0.3) is 0 Å². The first-order chi connectivity index (χ1) is 8.58. The number of nitrogens with one attached hydrogen (secondary N) is 1. The van der Waals surface area contributed by atoms with Gasteiger partial charge in [-0.05, 0) is 18.9 Å². The normalized spacial score (nSPS) is 16.6. The molecule has 18 heavy (non-hydrogen) atoms. The lowest BCUT2D eigenvalue weighted by Gasteiger charge is -2.21. The van der Waals surface area contributed by atoms with Crippen LogP contribution in [0, 0.1) is 17.6 Å². The topological polar surface area (TPSA) is 55.1 Å². The highest BCUT2D eigenvalue weighted by Gasteiger charge is 2.22. The summed E-state index contributed by atoms with van der Waals surface area (Å²) in [6.45, 7) is 0. The van der Waals surface area contributed by atoms with Crippen molar-refractivity contribution < 1.29 is 13.6 Å². The molecule has 0 heterocycles. The first kappa shape index (κ1) is 12.8. The smallest absolute Gasteiger partial charge is 0.227 e. The molecule has 0 atom stereocenters. The molecule has 0 aliphatic heterocycles. The van der Waals surface area contributed by atoms with Gasteiger partial charge in [-0.25, -0.2) is 8.78 Å². The van der Waals surface area contributed by atoms with E-state index in [2.05, 4.69) is 5.32 Å². The Labute approximate surface area is 104 Å². The van der Waals surface area contributed by atoms with Crippen molar-refractivity contribution in [2.45, 2.75) is 32.1 Å². The van der Waals surface area contributed by atoms with E-state index in [1.54, 1.807) is 0 Å². The molecule has 1 aromatic rings. The first-order valence-electron chi connectivity index (χ1n) is 6.13. The average molecular weight is 254 g/mol. The molecule has 0 radical (unpaired) electrons. The molecule has 1 aromatic carbocycles. The summed E-state index contributed by atoms with van der Waals surface area (Å²) in [6, 6.07) is 1.80. The molecule has 0 aromatic heterocycles. The quantitative estimate of drug-likeness (QED) is 0.797. The second-order valence-electron chi connectivity index (χ2n) is 4.68. The molecular weight excluding hydrogens is 238 g/mol. The van der Waals surface area contributed by atoms with Crippen molar-refractivity contribution in [3.63, 3.8) is 0 Å². The van der Waals surface area contributed by atoms with Gasteiger partial charge in [0.2, 0.25) is 5.91 Å². The van der Waals surface area contributed by atoms with Crippen molar-refractivity contribution in [1.82, 2.24) is 0 Å². The van der Waals surface area contributed by atoms with Crippen LogP contribution < -0.4 is 11.1 Å². The van der Waals surface area contributed by atoms with Gasteiger partial charge < -0.3 is 11.1 Å². The SMILES string of the molecule is Nc1cc(NC(=O)C2CCCCC2)c(F)cc1F. The van der Waals surface area contributed by atoms with Gasteiger partial charge in [-0.1, -0.05) is 19.3 Å². The van der Waals surface area contributed by atoms with Gasteiger partial charge >= 0.3 is 0 Å². The van der Waals surface area contributed by atoms with Gasteiger partial charge in [-0.2, -0.15) is 0 Å². The minimum atomic E-state index is -0.817. The molecule has 5 heteroatoms. The number of amides is 1. The maximum Gasteiger partial charge on any atom is 0.227 e. The molecule has 0 spiro atoms. The number of rotatable bonds is 2. The van der Waals surface area contributed by atoms with E-state index < -0.39 is 11.6 Å². The fourth-order valence-corrected chi connectivity index (χ4v) is 2.26. The summed E-state index contributed by atoms with van der Waals surface area (Å²) < 4.78 is 26.4. The molecule has 3 N–H and O–H groups in total. The Bertz CT molecular complexity index is 457. The Kier molecular flexibility index (Phi) is 3.79. The molecule has 0 unspecified atom stereocenters. The van der Waals surface area contributed by atoms with E-state index in [4.69, 9.17) is 5.73 Å². The maximum atomic E-state index is 13.4. The number of carbonyl (C=O) groups excluding carboxylic acids is 1. The number of halogens is 2. The Morgan fingerprint density at radius 3 is 2.50 bits per heavy atom. The zero-order valence-corrected chi connectivity index (χ0v) is 10.0. The molecule has 1 aliphatic carbocycles. The third-order valence-electron chi connectivity index (χ3n) is 3.32. The monoisotopic (exact) mass is 254 g/mol. The predicted molar refractivity (Wildman–Crippen MR) is 66.0 cm³/mol. The highest BCUT2D eigenvalue weighted by atomic mass is 19.1. The van der Waals surface area contributed by atoms with Crippen LogP contribution in [0.1, 0.15) is 32.1 Å². The number of nitrogen functional groups attached to an aromatic ring is 1. The number of benzene rings is 1. The van der Waals surface area contributed by atoms with Gasteiger partial charge in [0.15, 0.2) is 0 Å². The summed E-state index contributed by atoms with van der Waals surface area (Å²) in [5, 5.41) is 2.49. The van der Waals surface area contributed by atoms with E-state index in [-0.39, 0.29) is 23.2 Å². The van der Waals surface area contributed by atoms with Crippen molar-refractivity contribution in [2.24, 2.45) is 5.92 Å². The molecular formula is C13H16F2N2O. The summed E-state index contributed by atoms with van der Waals surface area (Å²) in [6.07, 6.45) is 4.83. The zero-order valence-electron chi connectivity index (χ0n) is 10.0. The minimum absolute atomic E-state index is 0.0514. The van der Waals surface area contributed by atoms with Crippen LogP contribution in [0.4, 0.5) is 20.2 Å². The van der Waals surface area contributed by atoms with Crippen LogP contribution in [-0.2, 0) is 4.79 Å². The summed E-state index contributed by atoms with van der Waals surface area (Å²) in [5.74, 6) is -1.90. The van der Waals surface area contributed by atoms with E-state index in [1.165, 1.54) is 0 Å². The number of hydrogen-bond donors (Lipinski definition) is 2. The van der Waals surface area contributed by atoms with E-state index in [9.17, 15) is 13.6 Å². The van der Waals surface area contributed by atoms with Crippen LogP contribution in [-0.4, -0.2) is 5.91 Å². The number of nitrogens with two attached hydrogens (primary N) is 1. The van der Waals surface area contributed by atoms with Crippen LogP contribution in [0.5, 0.6) is 0 Å². The Morgan fingerprint density at radius 2 is 1.83 bits per heavy atom. The van der Waals surface area contributed by atoms with Crippen LogP contribution >= 0.6 is 0 Å². The van der Waals surface area contributed by atoms with E-state index in [0.717, 1.165) is 38.2 Å². The number of hydrogen-bond acceptors (Lipinski definition) is 2. The van der Waals surface area contributed by atoms with Gasteiger partial charge in [0.05, 0.1) is 11.4 Å². The molecule has 1 fully saturated rings. The Morgan fingerprint density at radius 1 is 1.17 bits per heavy atom. The third kappa shape index (κ3) is 2.78. The highest BCUT2D eigenvalue weighted by molar-refractivity contribution is 5.93. The zero-order chi connectivity index (χ0) is 13.1. The van der Waals surface area contributed by atoms with Crippen molar-refractivity contribution in [2.75, 3.05) is 11.1 Å². The van der Waals surface area contributed by atoms with E-state index >= 15 is 0 Å². The van der Waals surface area contributed by atoms with Crippen LogP contribution in [0.25, 0.3) is 0 Å². The lowest BCUT2D eigenvalue weighted by atomic mass is 9.88. The van der Waals surface area contributed by atoms with Crippen molar-refractivity contribution in [3.05, 3.63) is 23.8 Å². The van der Waals surface area contributed by atoms with Gasteiger partial charge in [-0.3, -0.25) is 4.79 Å². The summed E-state index contributed by atoms with van der Waals surface area (Å²) in [7, 11) is 0. The van der Waals surface area contributed by atoms with E-state index in [1.807, 2.05) is 0 Å². The standard InChI is InChI=1S/C13H16F2N2O/c14-9-6-10(15)12(7-11(9)16)17-13(18)8-4-2-1-3-5-8/h6-8H,1-5,16H2,(H,17,18). The van der Waals surface area contributed by atoms with Crippen LogP contribution in [0.3, 0.4) is 0 Å². The van der Waals surface area contributed by atoms with E-state index in [0.29, 0.717) is 6.07 Å². The maximum absolute atomic E-state index is 13.4. The fraction of sp³-hybridized carbons (Fsp3) is 0.462. The summed E-state index contributed by atoms with van der Waals surface area (Å²) in [5.41, 5.74) is 5.13. The minimum Gasteiger partial charge on any atom is -0.396 e. The van der Waals surface area contributed by atoms with Gasteiger partial charge in [-0.15, -0.1) is 0 Å². The first-order valence-corrected chi connectivity index (χ1v) is 6.13. The average Bonchev–Trinajstić information content (AvgIpc) is 2.37. The largest absolute Gasteiger partial charge is 0.396 e. The number of carbonyl (C=O) groups is 1. The summed E-state index contributed by atoms with van der Waals surface area (Å²) in [4.78, 5) is 11.9. The molecule has 1 aliphatic rings. The Hall–Kier alpha value is -1.65. The lowest BCUT2D eigenvalue weighted by Crippen LogP contribution is -2.25. The van der Waals surface area contributed by atoms with Crippen LogP contribution in [0.2, 0.25) is 0 Å². The second kappa shape index (κ2) is 5.33. The molecule has 1 amide bonds. The fourth-order valence-electron chi connectivity index (χ4n) is 2.26. The lowest BCUT2D eigenvalue weighted by molar-refractivity contribution is -0.120.